The van der Waals surface area contributed by atoms with Crippen LogP contribution in [0.4, 0.5) is 0 Å². The summed E-state index contributed by atoms with van der Waals surface area (Å²) in [5.74, 6) is 0.271. The first-order valence-corrected chi connectivity index (χ1v) is 7.32. The highest BCUT2D eigenvalue weighted by Gasteiger charge is 2.20. The molecule has 5 heteroatoms. The second-order valence-electron chi connectivity index (χ2n) is 5.17. The molecule has 0 N–H and O–H groups in total. The fourth-order valence-corrected chi connectivity index (χ4v) is 2.45. The van der Waals surface area contributed by atoms with Gasteiger partial charge in [0, 0.05) is 31.5 Å². The summed E-state index contributed by atoms with van der Waals surface area (Å²) in [6.45, 7) is 6.56. The summed E-state index contributed by atoms with van der Waals surface area (Å²) in [5, 5.41) is 0. The molecule has 2 rings (SSSR count). The first kappa shape index (κ1) is 15.9. The molecule has 1 amide bonds. The van der Waals surface area contributed by atoms with E-state index in [0.717, 1.165) is 12.0 Å². The molecule has 0 unspecified atom stereocenters. The zero-order valence-corrected chi connectivity index (χ0v) is 13.1. The van der Waals surface area contributed by atoms with Crippen LogP contribution < -0.4 is 5.63 Å². The quantitative estimate of drug-likeness (QED) is 0.850. The molecular weight excluding hydrogens is 280 g/mol. The van der Waals surface area contributed by atoms with Crippen molar-refractivity contribution in [3.05, 3.63) is 63.5 Å². The van der Waals surface area contributed by atoms with E-state index in [1.165, 1.54) is 6.07 Å². The zero-order chi connectivity index (χ0) is 16.1. The molecule has 5 nitrogen and oxygen atoms in total. The van der Waals surface area contributed by atoms with E-state index < -0.39 is 5.63 Å². The Morgan fingerprint density at radius 1 is 1.27 bits per heavy atom. The van der Waals surface area contributed by atoms with Crippen molar-refractivity contribution in [2.75, 3.05) is 13.1 Å². The van der Waals surface area contributed by atoms with Crippen LogP contribution in [-0.4, -0.2) is 28.9 Å². The van der Waals surface area contributed by atoms with E-state index in [1.54, 1.807) is 31.1 Å². The third-order valence-electron chi connectivity index (χ3n) is 3.64. The van der Waals surface area contributed by atoms with Gasteiger partial charge < -0.3 is 9.32 Å². The third kappa shape index (κ3) is 3.61. The van der Waals surface area contributed by atoms with Gasteiger partial charge in [0.1, 0.15) is 5.76 Å². The van der Waals surface area contributed by atoms with Gasteiger partial charge in [-0.3, -0.25) is 9.78 Å². The first-order valence-electron chi connectivity index (χ1n) is 7.32. The standard InChI is InChI=1S/C17H20N2O3/c1-4-19(10-7-14-5-8-18-9-6-14)17(21)16-12(2)11-15(20)22-13(16)3/h5-6,8-9,11H,4,7,10H2,1-3H3. The van der Waals surface area contributed by atoms with Crippen LogP contribution in [0.5, 0.6) is 0 Å². The minimum atomic E-state index is -0.425. The lowest BCUT2D eigenvalue weighted by atomic mass is 10.1. The van der Waals surface area contributed by atoms with Gasteiger partial charge in [-0.25, -0.2) is 4.79 Å². The number of carbonyl (C=O) groups is 1. The molecule has 116 valence electrons. The highest BCUT2D eigenvalue weighted by Crippen LogP contribution is 2.14. The maximum Gasteiger partial charge on any atom is 0.336 e. The normalized spacial score (nSPS) is 10.5. The van der Waals surface area contributed by atoms with E-state index in [0.29, 0.717) is 30.0 Å². The highest BCUT2D eigenvalue weighted by atomic mass is 16.4. The van der Waals surface area contributed by atoms with Crippen molar-refractivity contribution in [3.63, 3.8) is 0 Å². The molecule has 0 aliphatic heterocycles. The predicted molar refractivity (Wildman–Crippen MR) is 84.0 cm³/mol. The largest absolute Gasteiger partial charge is 0.427 e. The van der Waals surface area contributed by atoms with Gasteiger partial charge in [0.2, 0.25) is 0 Å². The van der Waals surface area contributed by atoms with Gasteiger partial charge in [-0.1, -0.05) is 0 Å². The lowest BCUT2D eigenvalue weighted by Crippen LogP contribution is -2.34. The number of hydrogen-bond acceptors (Lipinski definition) is 4. The predicted octanol–water partition coefficient (Wildman–Crippen LogP) is 2.36. The first-order chi connectivity index (χ1) is 10.5. The number of aryl methyl sites for hydroxylation is 2. The molecule has 0 aliphatic rings. The monoisotopic (exact) mass is 300 g/mol. The Morgan fingerprint density at radius 3 is 2.55 bits per heavy atom. The Bertz CT molecular complexity index is 681. The number of likely N-dealkylation sites (N-methyl/N-ethyl adjacent to an activating group) is 1. The molecule has 2 aromatic heterocycles. The SMILES string of the molecule is CCN(CCc1ccncc1)C(=O)c1c(C)cc(=O)oc1C. The average molecular weight is 300 g/mol. The molecule has 0 spiro atoms. The molecule has 0 saturated carbocycles. The molecular formula is C17H20N2O3. The topological polar surface area (TPSA) is 63.4 Å². The van der Waals surface area contributed by atoms with Crippen LogP contribution in [0.25, 0.3) is 0 Å². The van der Waals surface area contributed by atoms with E-state index in [-0.39, 0.29) is 5.91 Å². The van der Waals surface area contributed by atoms with Crippen molar-refractivity contribution in [2.45, 2.75) is 27.2 Å². The van der Waals surface area contributed by atoms with E-state index in [1.807, 2.05) is 19.1 Å². The molecule has 0 radical (unpaired) electrons. The second-order valence-corrected chi connectivity index (χ2v) is 5.17. The van der Waals surface area contributed by atoms with Crippen molar-refractivity contribution in [1.29, 1.82) is 0 Å². The Kier molecular flexibility index (Phi) is 5.09. The van der Waals surface area contributed by atoms with Gasteiger partial charge in [-0.2, -0.15) is 0 Å². The third-order valence-corrected chi connectivity index (χ3v) is 3.64. The van der Waals surface area contributed by atoms with Crippen LogP contribution in [0.3, 0.4) is 0 Å². The molecule has 0 saturated heterocycles. The number of amides is 1. The minimum absolute atomic E-state index is 0.102. The van der Waals surface area contributed by atoms with Crippen LogP contribution in [0.1, 0.15) is 34.2 Å². The summed E-state index contributed by atoms with van der Waals surface area (Å²) < 4.78 is 5.06. The van der Waals surface area contributed by atoms with Gasteiger partial charge in [0.05, 0.1) is 5.56 Å². The Labute approximate surface area is 129 Å². The fourth-order valence-electron chi connectivity index (χ4n) is 2.45. The van der Waals surface area contributed by atoms with Gasteiger partial charge in [-0.15, -0.1) is 0 Å². The number of hydrogen-bond donors (Lipinski definition) is 0. The van der Waals surface area contributed by atoms with Crippen LogP contribution in [0.2, 0.25) is 0 Å². The number of carbonyl (C=O) groups excluding carboxylic acids is 1. The molecule has 0 aliphatic carbocycles. The summed E-state index contributed by atoms with van der Waals surface area (Å²) in [5.41, 5.74) is 1.85. The van der Waals surface area contributed by atoms with Crippen molar-refractivity contribution in [1.82, 2.24) is 9.88 Å². The summed E-state index contributed by atoms with van der Waals surface area (Å²) in [6, 6.07) is 5.24. The van der Waals surface area contributed by atoms with Gasteiger partial charge in [-0.05, 0) is 50.5 Å². The van der Waals surface area contributed by atoms with Crippen molar-refractivity contribution >= 4 is 5.91 Å². The number of pyridine rings is 1. The van der Waals surface area contributed by atoms with Crippen molar-refractivity contribution in [2.24, 2.45) is 0 Å². The van der Waals surface area contributed by atoms with Crippen LogP contribution in [-0.2, 0) is 6.42 Å². The number of aromatic nitrogens is 1. The van der Waals surface area contributed by atoms with E-state index in [2.05, 4.69) is 4.98 Å². The summed E-state index contributed by atoms with van der Waals surface area (Å²) in [4.78, 5) is 29.8. The van der Waals surface area contributed by atoms with E-state index >= 15 is 0 Å². The summed E-state index contributed by atoms with van der Waals surface area (Å²) in [6.07, 6.45) is 4.25. The van der Waals surface area contributed by atoms with Gasteiger partial charge in [0.25, 0.3) is 5.91 Å². The Hall–Kier alpha value is -2.43. The smallest absolute Gasteiger partial charge is 0.336 e. The molecule has 0 atom stereocenters. The molecule has 0 bridgehead atoms. The van der Waals surface area contributed by atoms with E-state index in [4.69, 9.17) is 4.42 Å². The molecule has 2 heterocycles. The van der Waals surface area contributed by atoms with Crippen LogP contribution in [0.15, 0.2) is 39.8 Å². The molecule has 0 aromatic carbocycles. The minimum Gasteiger partial charge on any atom is -0.427 e. The average Bonchev–Trinajstić information content (AvgIpc) is 2.48. The fraction of sp³-hybridized carbons (Fsp3) is 0.353. The highest BCUT2D eigenvalue weighted by molar-refractivity contribution is 5.96. The number of nitrogens with zero attached hydrogens (tertiary/aromatic N) is 2. The van der Waals surface area contributed by atoms with Crippen LogP contribution in [0, 0.1) is 13.8 Å². The maximum absolute atomic E-state index is 12.7. The molecule has 22 heavy (non-hydrogen) atoms. The summed E-state index contributed by atoms with van der Waals surface area (Å²) >= 11 is 0. The number of rotatable bonds is 5. The molecule has 0 fully saturated rings. The van der Waals surface area contributed by atoms with Gasteiger partial charge in [0.15, 0.2) is 0 Å². The van der Waals surface area contributed by atoms with E-state index in [9.17, 15) is 9.59 Å². The van der Waals surface area contributed by atoms with Crippen LogP contribution >= 0.6 is 0 Å². The zero-order valence-electron chi connectivity index (χ0n) is 13.1. The lowest BCUT2D eigenvalue weighted by molar-refractivity contribution is 0.0761. The van der Waals surface area contributed by atoms with Gasteiger partial charge >= 0.3 is 5.63 Å². The summed E-state index contributed by atoms with van der Waals surface area (Å²) in [7, 11) is 0. The Balaban J connectivity index is 2.17. The van der Waals surface area contributed by atoms with Crippen molar-refractivity contribution in [3.8, 4) is 0 Å². The molecule has 2 aromatic rings. The van der Waals surface area contributed by atoms with Crippen molar-refractivity contribution < 1.29 is 9.21 Å². The lowest BCUT2D eigenvalue weighted by Gasteiger charge is -2.22. The Morgan fingerprint density at radius 2 is 1.95 bits per heavy atom. The second kappa shape index (κ2) is 7.02. The maximum atomic E-state index is 12.7.